The highest BCUT2D eigenvalue weighted by atomic mass is 16.5. The summed E-state index contributed by atoms with van der Waals surface area (Å²) in [6.07, 6.45) is 8.05. The lowest BCUT2D eigenvalue weighted by Crippen LogP contribution is -2.31. The summed E-state index contributed by atoms with van der Waals surface area (Å²) >= 11 is 0. The summed E-state index contributed by atoms with van der Waals surface area (Å²) in [6.45, 7) is 9.08. The van der Waals surface area contributed by atoms with Crippen LogP contribution >= 0.6 is 0 Å². The maximum absolute atomic E-state index is 11.8. The first-order valence-corrected chi connectivity index (χ1v) is 13.9. The van der Waals surface area contributed by atoms with Gasteiger partial charge in [-0.3, -0.25) is 19.2 Å². The van der Waals surface area contributed by atoms with Gasteiger partial charge in [0.15, 0.2) is 11.6 Å². The Bertz CT molecular complexity index is 742. The van der Waals surface area contributed by atoms with Crippen molar-refractivity contribution in [3.05, 3.63) is 0 Å². The van der Waals surface area contributed by atoms with Crippen LogP contribution < -0.4 is 5.32 Å². The fourth-order valence-electron chi connectivity index (χ4n) is 2.86. The Labute approximate surface area is 239 Å². The van der Waals surface area contributed by atoms with E-state index in [-0.39, 0.29) is 56.3 Å². The molecular weight excluding hydrogens is 522 g/mol. The minimum absolute atomic E-state index is 0.0144. The molecule has 0 rings (SSSR count). The van der Waals surface area contributed by atoms with Gasteiger partial charge in [-0.25, -0.2) is 0 Å². The first-order chi connectivity index (χ1) is 19.2. The Morgan fingerprint density at radius 3 is 1.70 bits per heavy atom. The van der Waals surface area contributed by atoms with Gasteiger partial charge >= 0.3 is 0 Å². The van der Waals surface area contributed by atoms with Gasteiger partial charge < -0.3 is 33.7 Å². The number of nitrogens with one attached hydrogen (secondary N) is 1. The van der Waals surface area contributed by atoms with E-state index in [1.807, 2.05) is 20.8 Å². The molecule has 0 aliphatic heterocycles. The molecule has 0 heterocycles. The molecule has 0 atom stereocenters. The van der Waals surface area contributed by atoms with Crippen LogP contribution in [0.3, 0.4) is 0 Å². The molecule has 0 bridgehead atoms. The van der Waals surface area contributed by atoms with Crippen LogP contribution in [0.5, 0.6) is 0 Å². The molecule has 0 aromatic heterocycles. The molecule has 11 heteroatoms. The number of hydrogen-bond donors (Lipinski definition) is 1. The Kier molecular flexibility index (Phi) is 24.3. The Hall–Kier alpha value is -2.20. The first kappa shape index (κ1) is 37.8. The molecule has 11 nitrogen and oxygen atoms in total. The molecule has 0 unspecified atom stereocenters. The van der Waals surface area contributed by atoms with E-state index >= 15 is 0 Å². The molecule has 0 radical (unpaired) electrons. The zero-order valence-electron chi connectivity index (χ0n) is 24.6. The molecule has 0 aliphatic carbocycles. The second-order valence-electron chi connectivity index (χ2n) is 10.0. The average molecular weight is 572 g/mol. The van der Waals surface area contributed by atoms with Gasteiger partial charge in [0.2, 0.25) is 5.91 Å². The number of ketones is 3. The van der Waals surface area contributed by atoms with Gasteiger partial charge in [-0.15, -0.1) is 12.3 Å². The molecule has 40 heavy (non-hydrogen) atoms. The molecule has 230 valence electrons. The van der Waals surface area contributed by atoms with Crippen LogP contribution in [-0.2, 0) is 47.6 Å². The van der Waals surface area contributed by atoms with E-state index in [1.165, 1.54) is 0 Å². The van der Waals surface area contributed by atoms with Crippen molar-refractivity contribution in [1.82, 2.24) is 5.32 Å². The summed E-state index contributed by atoms with van der Waals surface area (Å²) in [4.78, 5) is 46.7. The second kappa shape index (κ2) is 25.7. The molecule has 0 saturated heterocycles. The number of terminal acetylenes is 1. The highest BCUT2D eigenvalue weighted by Gasteiger charge is 2.20. The van der Waals surface area contributed by atoms with Gasteiger partial charge in [0.05, 0.1) is 46.2 Å². The largest absolute Gasteiger partial charge is 0.379 e. The van der Waals surface area contributed by atoms with Crippen LogP contribution in [-0.4, -0.2) is 109 Å². The van der Waals surface area contributed by atoms with E-state index in [4.69, 9.17) is 34.8 Å². The van der Waals surface area contributed by atoms with Gasteiger partial charge in [-0.1, -0.05) is 20.8 Å². The highest BCUT2D eigenvalue weighted by Crippen LogP contribution is 2.14. The molecule has 1 amide bonds. The van der Waals surface area contributed by atoms with Crippen molar-refractivity contribution in [1.29, 1.82) is 0 Å². The maximum Gasteiger partial charge on any atom is 0.246 e. The number of carbonyl (C=O) groups excluding carboxylic acids is 4. The maximum atomic E-state index is 11.8. The number of ether oxygens (including phenoxy) is 6. The number of Topliss-reactive ketones (excluding diaryl/α,β-unsaturated/α-hetero) is 3. The van der Waals surface area contributed by atoms with Crippen molar-refractivity contribution in [2.75, 3.05) is 85.8 Å². The van der Waals surface area contributed by atoms with Crippen molar-refractivity contribution >= 4 is 23.3 Å². The predicted molar refractivity (Wildman–Crippen MR) is 149 cm³/mol. The van der Waals surface area contributed by atoms with E-state index in [9.17, 15) is 19.2 Å². The Morgan fingerprint density at radius 2 is 1.12 bits per heavy atom. The van der Waals surface area contributed by atoms with E-state index in [2.05, 4.69) is 11.2 Å². The van der Waals surface area contributed by atoms with Crippen LogP contribution in [0.1, 0.15) is 59.3 Å². The minimum Gasteiger partial charge on any atom is -0.379 e. The van der Waals surface area contributed by atoms with Crippen LogP contribution in [0.15, 0.2) is 0 Å². The molecule has 0 saturated carbocycles. The summed E-state index contributed by atoms with van der Waals surface area (Å²) in [5.41, 5.74) is -0.407. The summed E-state index contributed by atoms with van der Waals surface area (Å²) < 4.78 is 32.0. The number of rotatable bonds is 28. The summed E-state index contributed by atoms with van der Waals surface area (Å²) in [7, 11) is 0. The van der Waals surface area contributed by atoms with Crippen molar-refractivity contribution in [3.63, 3.8) is 0 Å². The van der Waals surface area contributed by atoms with Gasteiger partial charge in [-0.05, 0) is 12.8 Å². The van der Waals surface area contributed by atoms with E-state index in [1.54, 1.807) is 0 Å². The third-order valence-electron chi connectivity index (χ3n) is 5.29. The summed E-state index contributed by atoms with van der Waals surface area (Å²) in [6, 6.07) is 0. The molecule has 0 aromatic rings. The average Bonchev–Trinajstić information content (AvgIpc) is 2.91. The molecule has 1 N–H and O–H groups in total. The molecule has 0 aliphatic rings. The van der Waals surface area contributed by atoms with Crippen molar-refractivity contribution in [3.8, 4) is 12.3 Å². The standard InChI is InChI=1S/C29H49NO10/c1-5-6-9-25(31)10-7-13-35-17-21-40-24-28(34)30-12-15-37-18-19-38-22-26(32)11-8-14-36-16-20-39-23-27(33)29(2,3)4/h1H,6-24H2,2-4H3,(H,30,34). The lowest BCUT2D eigenvalue weighted by molar-refractivity contribution is -0.131. The topological polar surface area (TPSA) is 136 Å². The third-order valence-corrected chi connectivity index (χ3v) is 5.29. The van der Waals surface area contributed by atoms with Gasteiger partial charge in [0.25, 0.3) is 0 Å². The van der Waals surface area contributed by atoms with Crippen LogP contribution in [0.2, 0.25) is 0 Å². The number of carbonyl (C=O) groups is 4. The zero-order chi connectivity index (χ0) is 29.9. The van der Waals surface area contributed by atoms with Gasteiger partial charge in [-0.2, -0.15) is 0 Å². The SMILES string of the molecule is C#CCCC(=O)CCCOCCOCC(=O)NCCOCCOCC(=O)CCCOCCOCC(=O)C(C)(C)C. The second-order valence-corrected chi connectivity index (χ2v) is 10.0. The summed E-state index contributed by atoms with van der Waals surface area (Å²) in [5.74, 6) is 2.36. The van der Waals surface area contributed by atoms with E-state index < -0.39 is 5.41 Å². The van der Waals surface area contributed by atoms with Crippen molar-refractivity contribution in [2.45, 2.75) is 59.3 Å². The molecule has 0 spiro atoms. The fourth-order valence-corrected chi connectivity index (χ4v) is 2.86. The van der Waals surface area contributed by atoms with Gasteiger partial charge in [0.1, 0.15) is 25.6 Å². The fraction of sp³-hybridized carbons (Fsp3) is 0.793. The molecular formula is C29H49NO10. The Balaban J connectivity index is 3.38. The number of hydrogen-bond acceptors (Lipinski definition) is 10. The summed E-state index contributed by atoms with van der Waals surface area (Å²) in [5, 5.41) is 2.68. The zero-order valence-corrected chi connectivity index (χ0v) is 24.6. The smallest absolute Gasteiger partial charge is 0.246 e. The van der Waals surface area contributed by atoms with E-state index in [0.717, 1.165) is 0 Å². The highest BCUT2D eigenvalue weighted by molar-refractivity contribution is 5.84. The normalized spacial score (nSPS) is 11.2. The van der Waals surface area contributed by atoms with Crippen LogP contribution in [0.4, 0.5) is 0 Å². The van der Waals surface area contributed by atoms with Crippen LogP contribution in [0, 0.1) is 17.8 Å². The molecule has 0 fully saturated rings. The number of amides is 1. The third kappa shape index (κ3) is 26.0. The minimum atomic E-state index is -0.407. The van der Waals surface area contributed by atoms with Crippen LogP contribution in [0.25, 0.3) is 0 Å². The quantitative estimate of drug-likeness (QED) is 0.110. The van der Waals surface area contributed by atoms with Gasteiger partial charge in [0, 0.05) is 50.9 Å². The van der Waals surface area contributed by atoms with Crippen molar-refractivity contribution in [2.24, 2.45) is 5.41 Å². The lowest BCUT2D eigenvalue weighted by Gasteiger charge is -2.16. The first-order valence-electron chi connectivity index (χ1n) is 13.9. The lowest BCUT2D eigenvalue weighted by atomic mass is 9.91. The van der Waals surface area contributed by atoms with E-state index in [0.29, 0.717) is 91.3 Å². The molecule has 0 aromatic carbocycles. The van der Waals surface area contributed by atoms with Crippen molar-refractivity contribution < 1.29 is 47.6 Å². The monoisotopic (exact) mass is 571 g/mol. The predicted octanol–water partition coefficient (Wildman–Crippen LogP) is 1.93. The Morgan fingerprint density at radius 1 is 0.625 bits per heavy atom.